The van der Waals surface area contributed by atoms with Gasteiger partial charge in [-0.25, -0.2) is 0 Å². The molecule has 1 aliphatic heterocycles. The van der Waals surface area contributed by atoms with Crippen molar-refractivity contribution in [3.8, 4) is 11.5 Å². The maximum absolute atomic E-state index is 12.6. The lowest BCUT2D eigenvalue weighted by molar-refractivity contribution is 0.0909. The number of hydrogen-bond donors (Lipinski definition) is 1. The second kappa shape index (κ2) is 11.3. The van der Waals surface area contributed by atoms with Crippen molar-refractivity contribution in [3.63, 3.8) is 0 Å². The van der Waals surface area contributed by atoms with Crippen molar-refractivity contribution in [2.75, 3.05) is 26.3 Å². The summed E-state index contributed by atoms with van der Waals surface area (Å²) in [6, 6.07) is 27.7. The third-order valence-corrected chi connectivity index (χ3v) is 5.65. The van der Waals surface area contributed by atoms with Crippen LogP contribution in [0.15, 0.2) is 84.9 Å². The van der Waals surface area contributed by atoms with Crippen LogP contribution in [0, 0.1) is 0 Å². The highest BCUT2D eigenvalue weighted by Gasteiger charge is 2.21. The van der Waals surface area contributed by atoms with Gasteiger partial charge in [0.25, 0.3) is 5.91 Å². The number of likely N-dealkylation sites (tertiary alicyclic amines) is 1. The highest BCUT2D eigenvalue weighted by Crippen LogP contribution is 2.16. The van der Waals surface area contributed by atoms with E-state index in [1.54, 1.807) is 0 Å². The molecule has 5 nitrogen and oxygen atoms in total. The van der Waals surface area contributed by atoms with E-state index in [0.717, 1.165) is 44.0 Å². The summed E-state index contributed by atoms with van der Waals surface area (Å²) in [5.74, 6) is 1.53. The average Bonchev–Trinajstić information content (AvgIpc) is 2.85. The third kappa shape index (κ3) is 6.59. The van der Waals surface area contributed by atoms with E-state index in [1.165, 1.54) is 5.56 Å². The molecule has 3 aromatic carbocycles. The van der Waals surface area contributed by atoms with Crippen molar-refractivity contribution in [3.05, 3.63) is 96.1 Å². The summed E-state index contributed by atoms with van der Waals surface area (Å²) in [6.45, 7) is 3.88. The number of hydrogen-bond acceptors (Lipinski definition) is 4. The summed E-state index contributed by atoms with van der Waals surface area (Å²) in [5.41, 5.74) is 1.99. The molecule has 1 heterocycles. The molecule has 1 saturated heterocycles. The Balaban J connectivity index is 1.16. The van der Waals surface area contributed by atoms with Gasteiger partial charge in [-0.1, -0.05) is 48.5 Å². The number of amides is 1. The van der Waals surface area contributed by atoms with E-state index in [4.69, 9.17) is 9.47 Å². The van der Waals surface area contributed by atoms with Gasteiger partial charge in [0.15, 0.2) is 0 Å². The van der Waals surface area contributed by atoms with Crippen LogP contribution in [0.3, 0.4) is 0 Å². The maximum atomic E-state index is 12.6. The highest BCUT2D eigenvalue weighted by molar-refractivity contribution is 5.94. The minimum absolute atomic E-state index is 0.0227. The van der Waals surface area contributed by atoms with Gasteiger partial charge >= 0.3 is 0 Å². The van der Waals surface area contributed by atoms with Gasteiger partial charge in [0.05, 0.1) is 0 Å². The molecule has 1 fully saturated rings. The number of ether oxygens (including phenoxy) is 2. The zero-order valence-electron chi connectivity index (χ0n) is 18.3. The quantitative estimate of drug-likeness (QED) is 0.507. The van der Waals surface area contributed by atoms with Crippen LogP contribution in [0.2, 0.25) is 0 Å². The molecule has 1 amide bonds. The monoisotopic (exact) mass is 430 g/mol. The lowest BCUT2D eigenvalue weighted by Crippen LogP contribution is -2.44. The Morgan fingerprint density at radius 2 is 1.34 bits per heavy atom. The summed E-state index contributed by atoms with van der Waals surface area (Å²) >= 11 is 0. The Bertz CT molecular complexity index is 953. The molecule has 0 aromatic heterocycles. The fourth-order valence-corrected chi connectivity index (χ4v) is 3.88. The fraction of sp³-hybridized carbons (Fsp3) is 0.296. The number of benzene rings is 3. The van der Waals surface area contributed by atoms with Crippen LogP contribution in [0.1, 0.15) is 28.8 Å². The average molecular weight is 431 g/mol. The van der Waals surface area contributed by atoms with E-state index in [2.05, 4.69) is 34.5 Å². The molecule has 0 bridgehead atoms. The second-order valence-electron chi connectivity index (χ2n) is 8.04. The van der Waals surface area contributed by atoms with Crippen LogP contribution in [0.25, 0.3) is 0 Å². The van der Waals surface area contributed by atoms with Gasteiger partial charge in [0.1, 0.15) is 24.7 Å². The third-order valence-electron chi connectivity index (χ3n) is 5.65. The van der Waals surface area contributed by atoms with E-state index in [0.29, 0.717) is 18.8 Å². The van der Waals surface area contributed by atoms with Crippen LogP contribution in [0.5, 0.6) is 11.5 Å². The molecule has 0 unspecified atom stereocenters. The topological polar surface area (TPSA) is 50.8 Å². The van der Waals surface area contributed by atoms with Crippen molar-refractivity contribution in [1.82, 2.24) is 10.2 Å². The van der Waals surface area contributed by atoms with E-state index in [-0.39, 0.29) is 11.9 Å². The zero-order chi connectivity index (χ0) is 22.0. The molecule has 0 saturated carbocycles. The minimum Gasteiger partial charge on any atom is -0.490 e. The standard InChI is InChI=1S/C27H30N2O3/c30-27(28-24-15-17-29(18-16-24)21-22-7-3-1-4-8-22)23-11-13-26(14-12-23)32-20-19-31-25-9-5-2-6-10-25/h1-14,24H,15-21H2,(H,28,30). The molecular formula is C27H30N2O3. The number of carbonyl (C=O) groups excluding carboxylic acids is 1. The number of piperidine rings is 1. The van der Waals surface area contributed by atoms with Crippen LogP contribution < -0.4 is 14.8 Å². The lowest BCUT2D eigenvalue weighted by atomic mass is 10.0. The van der Waals surface area contributed by atoms with Gasteiger partial charge < -0.3 is 14.8 Å². The lowest BCUT2D eigenvalue weighted by Gasteiger charge is -2.32. The Kier molecular flexibility index (Phi) is 7.77. The summed E-state index contributed by atoms with van der Waals surface area (Å²) in [5, 5.41) is 3.18. The van der Waals surface area contributed by atoms with Crippen LogP contribution >= 0.6 is 0 Å². The summed E-state index contributed by atoms with van der Waals surface area (Å²) in [6.07, 6.45) is 1.95. The Labute approximate surface area is 190 Å². The van der Waals surface area contributed by atoms with Crippen molar-refractivity contribution >= 4 is 5.91 Å². The molecule has 0 radical (unpaired) electrons. The molecule has 166 valence electrons. The van der Waals surface area contributed by atoms with Gasteiger partial charge in [0, 0.05) is 31.2 Å². The first-order valence-electron chi connectivity index (χ1n) is 11.2. The molecule has 0 aliphatic carbocycles. The largest absolute Gasteiger partial charge is 0.490 e. The predicted molar refractivity (Wildman–Crippen MR) is 126 cm³/mol. The first-order chi connectivity index (χ1) is 15.8. The van der Waals surface area contributed by atoms with Crippen LogP contribution in [-0.2, 0) is 6.54 Å². The Hall–Kier alpha value is -3.31. The fourth-order valence-electron chi connectivity index (χ4n) is 3.88. The number of nitrogens with zero attached hydrogens (tertiary/aromatic N) is 1. The first kappa shape index (κ1) is 21.9. The van der Waals surface area contributed by atoms with Crippen molar-refractivity contribution in [1.29, 1.82) is 0 Å². The second-order valence-corrected chi connectivity index (χ2v) is 8.04. The molecule has 5 heteroatoms. The molecule has 1 N–H and O–H groups in total. The van der Waals surface area contributed by atoms with Crippen molar-refractivity contribution in [2.24, 2.45) is 0 Å². The number of carbonyl (C=O) groups is 1. The molecular weight excluding hydrogens is 400 g/mol. The molecule has 0 atom stereocenters. The summed E-state index contributed by atoms with van der Waals surface area (Å²) in [4.78, 5) is 15.1. The SMILES string of the molecule is O=C(NC1CCN(Cc2ccccc2)CC1)c1ccc(OCCOc2ccccc2)cc1. The summed E-state index contributed by atoms with van der Waals surface area (Å²) < 4.78 is 11.3. The zero-order valence-corrected chi connectivity index (χ0v) is 18.3. The molecule has 3 aromatic rings. The molecule has 1 aliphatic rings. The predicted octanol–water partition coefficient (Wildman–Crippen LogP) is 4.54. The van der Waals surface area contributed by atoms with Crippen molar-refractivity contribution in [2.45, 2.75) is 25.4 Å². The Morgan fingerprint density at radius 3 is 1.97 bits per heavy atom. The number of para-hydroxylation sites is 1. The van der Waals surface area contributed by atoms with Gasteiger partial charge in [-0.3, -0.25) is 9.69 Å². The van der Waals surface area contributed by atoms with Gasteiger partial charge in [-0.05, 0) is 54.8 Å². The minimum atomic E-state index is -0.0227. The Morgan fingerprint density at radius 1 is 0.781 bits per heavy atom. The normalized spacial score (nSPS) is 14.6. The van der Waals surface area contributed by atoms with E-state index in [9.17, 15) is 4.79 Å². The maximum Gasteiger partial charge on any atom is 0.251 e. The number of nitrogens with one attached hydrogen (secondary N) is 1. The smallest absolute Gasteiger partial charge is 0.251 e. The van der Waals surface area contributed by atoms with Gasteiger partial charge in [-0.15, -0.1) is 0 Å². The highest BCUT2D eigenvalue weighted by atomic mass is 16.5. The van der Waals surface area contributed by atoms with Crippen LogP contribution in [-0.4, -0.2) is 43.2 Å². The molecule has 0 spiro atoms. The molecule has 4 rings (SSSR count). The van der Waals surface area contributed by atoms with E-state index < -0.39 is 0 Å². The van der Waals surface area contributed by atoms with Crippen molar-refractivity contribution < 1.29 is 14.3 Å². The number of rotatable bonds is 9. The first-order valence-corrected chi connectivity index (χ1v) is 11.2. The van der Waals surface area contributed by atoms with E-state index in [1.807, 2.05) is 60.7 Å². The van der Waals surface area contributed by atoms with Gasteiger partial charge in [0.2, 0.25) is 0 Å². The van der Waals surface area contributed by atoms with E-state index >= 15 is 0 Å². The summed E-state index contributed by atoms with van der Waals surface area (Å²) in [7, 11) is 0. The van der Waals surface area contributed by atoms with Crippen LogP contribution in [0.4, 0.5) is 0 Å². The molecule has 32 heavy (non-hydrogen) atoms. The van der Waals surface area contributed by atoms with Gasteiger partial charge in [-0.2, -0.15) is 0 Å².